The number of rotatable bonds is 7. The van der Waals surface area contributed by atoms with Crippen molar-refractivity contribution < 1.29 is 9.59 Å². The Labute approximate surface area is 175 Å². The molecule has 0 saturated carbocycles. The number of para-hydroxylation sites is 1. The molecular formula is C23H25N3O2S. The fourth-order valence-electron chi connectivity index (χ4n) is 3.07. The number of amides is 2. The number of thioether (sulfide) groups is 1. The van der Waals surface area contributed by atoms with Gasteiger partial charge in [-0.1, -0.05) is 48.5 Å². The molecule has 6 heteroatoms. The number of carbonyl (C=O) groups excluding carboxylic acids is 2. The van der Waals surface area contributed by atoms with Crippen LogP contribution in [0.2, 0.25) is 0 Å². The molecule has 0 aliphatic rings. The summed E-state index contributed by atoms with van der Waals surface area (Å²) in [5.41, 5.74) is 1.55. The van der Waals surface area contributed by atoms with Crippen LogP contribution in [-0.2, 0) is 9.59 Å². The van der Waals surface area contributed by atoms with Crippen molar-refractivity contribution in [1.29, 1.82) is 0 Å². The van der Waals surface area contributed by atoms with Crippen LogP contribution >= 0.6 is 11.8 Å². The second-order valence-corrected chi connectivity index (χ2v) is 7.70. The molecule has 0 bridgehead atoms. The number of anilines is 2. The quantitative estimate of drug-likeness (QED) is 0.568. The summed E-state index contributed by atoms with van der Waals surface area (Å²) in [6.07, 6.45) is 1.97. The van der Waals surface area contributed by atoms with Gasteiger partial charge in [-0.25, -0.2) is 0 Å². The zero-order valence-corrected chi connectivity index (χ0v) is 17.6. The summed E-state index contributed by atoms with van der Waals surface area (Å²) < 4.78 is 0. The summed E-state index contributed by atoms with van der Waals surface area (Å²) in [5.74, 6) is -0.306. The lowest BCUT2D eigenvalue weighted by molar-refractivity contribution is -0.122. The molecule has 5 nitrogen and oxygen atoms in total. The van der Waals surface area contributed by atoms with E-state index in [1.165, 1.54) is 0 Å². The van der Waals surface area contributed by atoms with Gasteiger partial charge in [0.25, 0.3) is 0 Å². The summed E-state index contributed by atoms with van der Waals surface area (Å²) in [6.45, 7) is 1.91. The first-order valence-corrected chi connectivity index (χ1v) is 10.6. The Balaban J connectivity index is 1.62. The van der Waals surface area contributed by atoms with Crippen molar-refractivity contribution in [2.75, 3.05) is 30.5 Å². The van der Waals surface area contributed by atoms with Gasteiger partial charge in [-0.3, -0.25) is 14.5 Å². The smallest absolute Gasteiger partial charge is 0.241 e. The molecule has 2 N–H and O–H groups in total. The van der Waals surface area contributed by atoms with Crippen LogP contribution in [0.15, 0.2) is 71.6 Å². The van der Waals surface area contributed by atoms with Crippen molar-refractivity contribution in [3.63, 3.8) is 0 Å². The average molecular weight is 408 g/mol. The third-order valence-corrected chi connectivity index (χ3v) is 5.66. The summed E-state index contributed by atoms with van der Waals surface area (Å²) >= 11 is 1.58. The Morgan fingerprint density at radius 3 is 2.38 bits per heavy atom. The number of hydrogen-bond donors (Lipinski definition) is 2. The minimum absolute atomic E-state index is 0.118. The van der Waals surface area contributed by atoms with E-state index in [4.69, 9.17) is 0 Å². The highest BCUT2D eigenvalue weighted by atomic mass is 32.2. The van der Waals surface area contributed by atoms with Gasteiger partial charge in [0.15, 0.2) is 0 Å². The van der Waals surface area contributed by atoms with Gasteiger partial charge in [0.2, 0.25) is 11.8 Å². The maximum atomic E-state index is 12.8. The van der Waals surface area contributed by atoms with Gasteiger partial charge >= 0.3 is 0 Å². The SMILES string of the molecule is CSc1ccccc1NC(=O)CN(C)C(C)C(=O)Nc1cccc2ccccc12. The van der Waals surface area contributed by atoms with E-state index in [0.717, 1.165) is 27.0 Å². The molecule has 0 spiro atoms. The zero-order valence-electron chi connectivity index (χ0n) is 16.8. The van der Waals surface area contributed by atoms with Gasteiger partial charge in [0.05, 0.1) is 18.3 Å². The van der Waals surface area contributed by atoms with Gasteiger partial charge in [-0.15, -0.1) is 11.8 Å². The lowest BCUT2D eigenvalue weighted by Gasteiger charge is -2.24. The van der Waals surface area contributed by atoms with Crippen LogP contribution in [0.25, 0.3) is 10.8 Å². The average Bonchev–Trinajstić information content (AvgIpc) is 2.73. The summed E-state index contributed by atoms with van der Waals surface area (Å²) in [7, 11) is 1.77. The molecule has 0 aliphatic carbocycles. The van der Waals surface area contributed by atoms with Crippen LogP contribution in [0.4, 0.5) is 11.4 Å². The van der Waals surface area contributed by atoms with E-state index < -0.39 is 6.04 Å². The summed E-state index contributed by atoms with van der Waals surface area (Å²) in [5, 5.41) is 7.98. The monoisotopic (exact) mass is 407 g/mol. The first-order valence-electron chi connectivity index (χ1n) is 9.41. The molecule has 0 fully saturated rings. The standard InChI is InChI=1S/C23H25N3O2S/c1-16(23(28)25-19-13-8-10-17-9-4-5-11-18(17)19)26(2)15-22(27)24-20-12-6-7-14-21(20)29-3/h4-14,16H,15H2,1-3H3,(H,24,27)(H,25,28). The molecule has 3 rings (SSSR count). The molecule has 150 valence electrons. The van der Waals surface area contributed by atoms with Gasteiger partial charge in [-0.2, -0.15) is 0 Å². The number of nitrogens with zero attached hydrogens (tertiary/aromatic N) is 1. The van der Waals surface area contributed by atoms with Crippen molar-refractivity contribution >= 4 is 45.7 Å². The maximum absolute atomic E-state index is 12.8. The largest absolute Gasteiger partial charge is 0.324 e. The minimum Gasteiger partial charge on any atom is -0.324 e. The van der Waals surface area contributed by atoms with E-state index in [1.54, 1.807) is 30.6 Å². The van der Waals surface area contributed by atoms with E-state index in [1.807, 2.05) is 73.0 Å². The Morgan fingerprint density at radius 2 is 1.59 bits per heavy atom. The second kappa shape index (κ2) is 9.58. The molecular weight excluding hydrogens is 382 g/mol. The molecule has 3 aromatic rings. The van der Waals surface area contributed by atoms with Crippen molar-refractivity contribution in [2.24, 2.45) is 0 Å². The highest BCUT2D eigenvalue weighted by Crippen LogP contribution is 2.25. The van der Waals surface area contributed by atoms with Gasteiger partial charge in [0.1, 0.15) is 0 Å². The summed E-state index contributed by atoms with van der Waals surface area (Å²) in [4.78, 5) is 27.9. The molecule has 29 heavy (non-hydrogen) atoms. The molecule has 0 aromatic heterocycles. The predicted octanol–water partition coefficient (Wildman–Crippen LogP) is 4.46. The molecule has 2 amide bonds. The van der Waals surface area contributed by atoms with E-state index >= 15 is 0 Å². The minimum atomic E-state index is -0.462. The maximum Gasteiger partial charge on any atom is 0.241 e. The highest BCUT2D eigenvalue weighted by Gasteiger charge is 2.21. The van der Waals surface area contributed by atoms with Crippen LogP contribution in [-0.4, -0.2) is 42.6 Å². The first kappa shape index (κ1) is 20.9. The third-order valence-electron chi connectivity index (χ3n) is 4.86. The first-order chi connectivity index (χ1) is 14.0. The van der Waals surface area contributed by atoms with E-state index in [0.29, 0.717) is 0 Å². The van der Waals surface area contributed by atoms with Crippen LogP contribution in [0.5, 0.6) is 0 Å². The number of carbonyl (C=O) groups is 2. The molecule has 0 radical (unpaired) electrons. The fourth-order valence-corrected chi connectivity index (χ4v) is 3.63. The third kappa shape index (κ3) is 5.16. The number of likely N-dealkylation sites (N-methyl/N-ethyl adjacent to an activating group) is 1. The van der Waals surface area contributed by atoms with Crippen LogP contribution in [0.1, 0.15) is 6.92 Å². The number of nitrogens with one attached hydrogen (secondary N) is 2. The van der Waals surface area contributed by atoms with Crippen molar-refractivity contribution in [3.05, 3.63) is 66.7 Å². The number of hydrogen-bond acceptors (Lipinski definition) is 4. The van der Waals surface area contributed by atoms with Crippen LogP contribution < -0.4 is 10.6 Å². The lowest BCUT2D eigenvalue weighted by Crippen LogP contribution is -2.43. The van der Waals surface area contributed by atoms with Crippen molar-refractivity contribution in [1.82, 2.24) is 4.90 Å². The fraction of sp³-hybridized carbons (Fsp3) is 0.217. The molecule has 0 heterocycles. The Kier molecular flexibility index (Phi) is 6.90. The highest BCUT2D eigenvalue weighted by molar-refractivity contribution is 7.98. The Bertz CT molecular complexity index is 1020. The molecule has 1 atom stereocenters. The van der Waals surface area contributed by atoms with E-state index in [-0.39, 0.29) is 18.4 Å². The van der Waals surface area contributed by atoms with Crippen molar-refractivity contribution in [3.8, 4) is 0 Å². The molecule has 3 aromatic carbocycles. The predicted molar refractivity (Wildman–Crippen MR) is 122 cm³/mol. The van der Waals surface area contributed by atoms with Gasteiger partial charge in [0, 0.05) is 16.0 Å². The van der Waals surface area contributed by atoms with Gasteiger partial charge < -0.3 is 10.6 Å². The van der Waals surface area contributed by atoms with E-state index in [2.05, 4.69) is 10.6 Å². The Morgan fingerprint density at radius 1 is 0.931 bits per heavy atom. The number of fused-ring (bicyclic) bond motifs is 1. The van der Waals surface area contributed by atoms with Crippen LogP contribution in [0, 0.1) is 0 Å². The topological polar surface area (TPSA) is 61.4 Å². The Hall–Kier alpha value is -2.83. The molecule has 0 saturated heterocycles. The second-order valence-electron chi connectivity index (χ2n) is 6.86. The van der Waals surface area contributed by atoms with Crippen molar-refractivity contribution in [2.45, 2.75) is 17.9 Å². The molecule has 0 aliphatic heterocycles. The summed E-state index contributed by atoms with van der Waals surface area (Å²) in [6, 6.07) is 20.9. The molecule has 1 unspecified atom stereocenters. The van der Waals surface area contributed by atoms with E-state index in [9.17, 15) is 9.59 Å². The number of benzene rings is 3. The lowest BCUT2D eigenvalue weighted by atomic mass is 10.1. The van der Waals surface area contributed by atoms with Crippen LogP contribution in [0.3, 0.4) is 0 Å². The van der Waals surface area contributed by atoms with Gasteiger partial charge in [-0.05, 0) is 43.8 Å². The zero-order chi connectivity index (χ0) is 20.8. The normalized spacial score (nSPS) is 12.0.